The largest absolute Gasteiger partial charge is 0.503 e. The Morgan fingerprint density at radius 2 is 1.86 bits per heavy atom. The first-order chi connectivity index (χ1) is 16.8. The van der Waals surface area contributed by atoms with Gasteiger partial charge in [0.2, 0.25) is 5.78 Å². The number of ketones is 1. The summed E-state index contributed by atoms with van der Waals surface area (Å²) >= 11 is 0. The summed E-state index contributed by atoms with van der Waals surface area (Å²) in [5.41, 5.74) is 1.74. The fraction of sp³-hybridized carbons (Fsp3) is 0.286. The number of nitrogens with zero attached hydrogens (tertiary/aromatic N) is 2. The van der Waals surface area contributed by atoms with Crippen LogP contribution in [0.3, 0.4) is 0 Å². The lowest BCUT2D eigenvalue weighted by Crippen LogP contribution is -2.33. The molecule has 1 N–H and O–H groups in total. The fourth-order valence-corrected chi connectivity index (χ4v) is 4.22. The van der Waals surface area contributed by atoms with E-state index in [9.17, 15) is 14.7 Å². The Bertz CT molecular complexity index is 1230. The van der Waals surface area contributed by atoms with Crippen molar-refractivity contribution in [2.45, 2.75) is 26.0 Å². The van der Waals surface area contributed by atoms with E-state index in [-0.39, 0.29) is 11.3 Å². The van der Waals surface area contributed by atoms with Crippen LogP contribution in [-0.2, 0) is 11.4 Å². The van der Waals surface area contributed by atoms with Crippen molar-refractivity contribution in [1.82, 2.24) is 9.80 Å². The molecule has 4 rings (SSSR count). The van der Waals surface area contributed by atoms with Gasteiger partial charge in [0.05, 0.1) is 11.6 Å². The van der Waals surface area contributed by atoms with Crippen LogP contribution in [0.15, 0.2) is 82.5 Å². The van der Waals surface area contributed by atoms with E-state index in [0.29, 0.717) is 36.6 Å². The Morgan fingerprint density at radius 3 is 2.54 bits per heavy atom. The molecule has 0 radical (unpaired) electrons. The van der Waals surface area contributed by atoms with Crippen LogP contribution in [0.4, 0.5) is 0 Å². The van der Waals surface area contributed by atoms with Gasteiger partial charge in [-0.15, -0.1) is 0 Å². The smallest absolute Gasteiger partial charge is 0.290 e. The lowest BCUT2D eigenvalue weighted by Gasteiger charge is -2.27. The van der Waals surface area contributed by atoms with E-state index in [1.54, 1.807) is 24.0 Å². The second-order valence-corrected chi connectivity index (χ2v) is 8.91. The highest BCUT2D eigenvalue weighted by Gasteiger charge is 2.44. The molecule has 2 heterocycles. The molecule has 0 saturated heterocycles. The molecule has 1 unspecified atom stereocenters. The molecular weight excluding hydrogens is 444 g/mol. The third kappa shape index (κ3) is 5.46. The molecule has 0 spiro atoms. The fourth-order valence-electron chi connectivity index (χ4n) is 4.22. The van der Waals surface area contributed by atoms with Crippen molar-refractivity contribution < 1.29 is 23.8 Å². The minimum absolute atomic E-state index is 0.0226. The SMILES string of the molecule is Cc1ccc(C(=O)C2=C(O)C(=O)N(CCCN(C)C)C2c2cccc(OCc3ccccc3)c2)o1. The second kappa shape index (κ2) is 10.6. The van der Waals surface area contributed by atoms with Gasteiger partial charge < -0.3 is 24.1 Å². The van der Waals surface area contributed by atoms with Crippen molar-refractivity contribution in [2.75, 3.05) is 27.2 Å². The van der Waals surface area contributed by atoms with Crippen molar-refractivity contribution in [3.8, 4) is 5.75 Å². The Hall–Kier alpha value is -3.84. The monoisotopic (exact) mass is 474 g/mol. The molecule has 0 saturated carbocycles. The average molecular weight is 475 g/mol. The van der Waals surface area contributed by atoms with Gasteiger partial charge in [0.1, 0.15) is 18.1 Å². The van der Waals surface area contributed by atoms with Crippen LogP contribution in [0, 0.1) is 6.92 Å². The third-order valence-electron chi connectivity index (χ3n) is 5.94. The van der Waals surface area contributed by atoms with Crippen LogP contribution in [0.1, 0.15) is 39.9 Å². The Morgan fingerprint density at radius 1 is 1.09 bits per heavy atom. The van der Waals surface area contributed by atoms with Crippen molar-refractivity contribution in [3.63, 3.8) is 0 Å². The Balaban J connectivity index is 1.66. The summed E-state index contributed by atoms with van der Waals surface area (Å²) < 4.78 is 11.5. The molecule has 0 fully saturated rings. The summed E-state index contributed by atoms with van der Waals surface area (Å²) in [5.74, 6) is -0.314. The zero-order valence-corrected chi connectivity index (χ0v) is 20.2. The summed E-state index contributed by atoms with van der Waals surface area (Å²) in [6.07, 6.45) is 0.689. The maximum absolute atomic E-state index is 13.4. The molecule has 0 aliphatic carbocycles. The van der Waals surface area contributed by atoms with E-state index in [2.05, 4.69) is 0 Å². The molecule has 3 aromatic rings. The summed E-state index contributed by atoms with van der Waals surface area (Å²) in [6.45, 7) is 3.27. The van der Waals surface area contributed by atoms with Crippen molar-refractivity contribution in [3.05, 3.63) is 101 Å². The molecule has 182 valence electrons. The number of carbonyl (C=O) groups is 2. The van der Waals surface area contributed by atoms with E-state index in [0.717, 1.165) is 12.1 Å². The molecule has 0 bridgehead atoms. The highest BCUT2D eigenvalue weighted by atomic mass is 16.5. The minimum atomic E-state index is -0.747. The van der Waals surface area contributed by atoms with Crippen LogP contribution >= 0.6 is 0 Å². The number of carbonyl (C=O) groups excluding carboxylic acids is 2. The van der Waals surface area contributed by atoms with Crippen LogP contribution < -0.4 is 4.74 Å². The third-order valence-corrected chi connectivity index (χ3v) is 5.94. The molecule has 1 aliphatic rings. The van der Waals surface area contributed by atoms with Gasteiger partial charge in [-0.1, -0.05) is 42.5 Å². The van der Waals surface area contributed by atoms with Gasteiger partial charge in [0, 0.05) is 6.54 Å². The van der Waals surface area contributed by atoms with Crippen molar-refractivity contribution in [2.24, 2.45) is 0 Å². The molecule has 1 aromatic heterocycles. The second-order valence-electron chi connectivity index (χ2n) is 8.91. The van der Waals surface area contributed by atoms with Gasteiger partial charge in [-0.05, 0) is 69.4 Å². The van der Waals surface area contributed by atoms with Gasteiger partial charge in [0.15, 0.2) is 11.5 Å². The molecular formula is C28H30N2O5. The minimum Gasteiger partial charge on any atom is -0.503 e. The normalized spacial score (nSPS) is 15.8. The number of hydrogen-bond acceptors (Lipinski definition) is 6. The molecule has 2 aromatic carbocycles. The Labute approximate surface area is 205 Å². The number of aryl methyl sites for hydroxylation is 1. The van der Waals surface area contributed by atoms with Gasteiger partial charge in [-0.2, -0.15) is 0 Å². The van der Waals surface area contributed by atoms with Crippen molar-refractivity contribution in [1.29, 1.82) is 0 Å². The average Bonchev–Trinajstić information content (AvgIpc) is 3.39. The van der Waals surface area contributed by atoms with E-state index >= 15 is 0 Å². The number of furan rings is 1. The number of rotatable bonds is 10. The van der Waals surface area contributed by atoms with Crippen LogP contribution in [0.5, 0.6) is 5.75 Å². The number of hydrogen-bond donors (Lipinski definition) is 1. The summed E-state index contributed by atoms with van der Waals surface area (Å²) in [6, 6.07) is 19.6. The maximum atomic E-state index is 13.4. The quantitative estimate of drug-likeness (QED) is 0.429. The first-order valence-electron chi connectivity index (χ1n) is 11.6. The summed E-state index contributed by atoms with van der Waals surface area (Å²) in [5, 5.41) is 10.8. The van der Waals surface area contributed by atoms with Crippen LogP contribution in [-0.4, -0.2) is 53.8 Å². The molecule has 7 heteroatoms. The summed E-state index contributed by atoms with van der Waals surface area (Å²) in [7, 11) is 3.92. The van der Waals surface area contributed by atoms with E-state index in [4.69, 9.17) is 9.15 Å². The topological polar surface area (TPSA) is 83.2 Å². The number of Topliss-reactive ketones (excluding diaryl/α,β-unsaturated/α-hetero) is 1. The number of ether oxygens (including phenoxy) is 1. The van der Waals surface area contributed by atoms with Gasteiger partial charge in [0.25, 0.3) is 5.91 Å². The molecule has 1 aliphatic heterocycles. The standard InChI is InChI=1S/C28H30N2O5/c1-19-13-14-23(35-19)26(31)24-25(30(28(33)27(24)32)16-8-15-29(2)3)21-11-7-12-22(17-21)34-18-20-9-5-4-6-10-20/h4-7,9-14,17,25,32H,8,15-16,18H2,1-3H3. The van der Waals surface area contributed by atoms with E-state index in [1.165, 1.54) is 0 Å². The highest BCUT2D eigenvalue weighted by molar-refractivity contribution is 6.15. The number of aliphatic hydroxyl groups excluding tert-OH is 1. The predicted octanol–water partition coefficient (Wildman–Crippen LogP) is 4.70. The first kappa shape index (κ1) is 24.3. The van der Waals surface area contributed by atoms with Crippen LogP contribution in [0.2, 0.25) is 0 Å². The number of benzene rings is 2. The Kier molecular flexibility index (Phi) is 7.36. The molecule has 7 nitrogen and oxygen atoms in total. The van der Waals surface area contributed by atoms with Gasteiger partial charge >= 0.3 is 0 Å². The van der Waals surface area contributed by atoms with Gasteiger partial charge in [-0.25, -0.2) is 0 Å². The lowest BCUT2D eigenvalue weighted by molar-refractivity contribution is -0.129. The lowest BCUT2D eigenvalue weighted by atomic mass is 9.95. The molecule has 1 atom stereocenters. The van der Waals surface area contributed by atoms with Crippen LogP contribution in [0.25, 0.3) is 0 Å². The van der Waals surface area contributed by atoms with E-state index < -0.39 is 23.5 Å². The highest BCUT2D eigenvalue weighted by Crippen LogP contribution is 2.40. The maximum Gasteiger partial charge on any atom is 0.290 e. The predicted molar refractivity (Wildman–Crippen MR) is 132 cm³/mol. The zero-order valence-electron chi connectivity index (χ0n) is 20.2. The molecule has 35 heavy (non-hydrogen) atoms. The number of amides is 1. The summed E-state index contributed by atoms with van der Waals surface area (Å²) in [4.78, 5) is 30.1. The molecule has 1 amide bonds. The van der Waals surface area contributed by atoms with Gasteiger partial charge in [-0.3, -0.25) is 9.59 Å². The zero-order chi connectivity index (χ0) is 24.9. The van der Waals surface area contributed by atoms with E-state index in [1.807, 2.05) is 73.6 Å². The number of aliphatic hydroxyl groups is 1. The van der Waals surface area contributed by atoms with Crippen molar-refractivity contribution >= 4 is 11.7 Å². The first-order valence-corrected chi connectivity index (χ1v) is 11.6.